The second-order valence-electron chi connectivity index (χ2n) is 4.42. The van der Waals surface area contributed by atoms with Gasteiger partial charge in [0.15, 0.2) is 5.13 Å². The molecule has 0 fully saturated rings. The molecule has 0 bridgehead atoms. The number of hydrogen-bond donors (Lipinski definition) is 2. The summed E-state index contributed by atoms with van der Waals surface area (Å²) in [6, 6.07) is 5.19. The molecule has 100 valence electrons. The molecule has 4 nitrogen and oxygen atoms in total. The SMILES string of the molecule is CC(C)c1csc(NC(=O)c2cc(Br)ccc2N)n1. The minimum atomic E-state index is -0.247. The summed E-state index contributed by atoms with van der Waals surface area (Å²) < 4.78 is 0.814. The van der Waals surface area contributed by atoms with Crippen molar-refractivity contribution in [3.63, 3.8) is 0 Å². The Morgan fingerprint density at radius 1 is 1.47 bits per heavy atom. The van der Waals surface area contributed by atoms with Crippen molar-refractivity contribution in [2.24, 2.45) is 0 Å². The Labute approximate surface area is 124 Å². The van der Waals surface area contributed by atoms with Crippen LogP contribution < -0.4 is 11.1 Å². The molecular weight excluding hydrogens is 326 g/mol. The van der Waals surface area contributed by atoms with Crippen LogP contribution >= 0.6 is 27.3 Å². The monoisotopic (exact) mass is 339 g/mol. The molecule has 2 rings (SSSR count). The third-order valence-corrected chi connectivity index (χ3v) is 3.86. The van der Waals surface area contributed by atoms with Gasteiger partial charge in [-0.3, -0.25) is 10.1 Å². The molecule has 1 aromatic heterocycles. The number of nitrogen functional groups attached to an aromatic ring is 1. The summed E-state index contributed by atoms with van der Waals surface area (Å²) in [5.41, 5.74) is 7.66. The summed E-state index contributed by atoms with van der Waals surface area (Å²) in [7, 11) is 0. The van der Waals surface area contributed by atoms with Gasteiger partial charge in [-0.15, -0.1) is 11.3 Å². The van der Waals surface area contributed by atoms with Crippen LogP contribution in [0.2, 0.25) is 0 Å². The Morgan fingerprint density at radius 2 is 2.21 bits per heavy atom. The summed E-state index contributed by atoms with van der Waals surface area (Å²) >= 11 is 4.74. The highest BCUT2D eigenvalue weighted by atomic mass is 79.9. The Morgan fingerprint density at radius 3 is 2.84 bits per heavy atom. The van der Waals surface area contributed by atoms with Gasteiger partial charge in [-0.05, 0) is 24.1 Å². The first kappa shape index (κ1) is 14.0. The number of carbonyl (C=O) groups is 1. The average Bonchev–Trinajstić information content (AvgIpc) is 2.80. The first-order valence-electron chi connectivity index (χ1n) is 5.79. The zero-order valence-electron chi connectivity index (χ0n) is 10.6. The Kier molecular flexibility index (Phi) is 4.21. The molecule has 0 saturated carbocycles. The Bertz CT molecular complexity index is 610. The van der Waals surface area contributed by atoms with Crippen LogP contribution in [0.4, 0.5) is 10.8 Å². The fourth-order valence-corrected chi connectivity index (χ4v) is 2.73. The molecule has 0 aliphatic rings. The molecule has 6 heteroatoms. The zero-order valence-corrected chi connectivity index (χ0v) is 13.0. The van der Waals surface area contributed by atoms with Crippen LogP contribution in [0.15, 0.2) is 28.1 Å². The third-order valence-electron chi connectivity index (χ3n) is 2.59. The van der Waals surface area contributed by atoms with E-state index in [0.29, 0.717) is 22.3 Å². The van der Waals surface area contributed by atoms with E-state index in [4.69, 9.17) is 5.73 Å². The van der Waals surface area contributed by atoms with E-state index in [9.17, 15) is 4.79 Å². The van der Waals surface area contributed by atoms with Crippen molar-refractivity contribution in [2.45, 2.75) is 19.8 Å². The van der Waals surface area contributed by atoms with Crippen LogP contribution in [0.25, 0.3) is 0 Å². The molecule has 0 saturated heterocycles. The average molecular weight is 340 g/mol. The molecule has 19 heavy (non-hydrogen) atoms. The molecule has 0 spiro atoms. The van der Waals surface area contributed by atoms with Crippen molar-refractivity contribution in [1.29, 1.82) is 0 Å². The largest absolute Gasteiger partial charge is 0.398 e. The van der Waals surface area contributed by atoms with E-state index in [1.165, 1.54) is 11.3 Å². The lowest BCUT2D eigenvalue weighted by Crippen LogP contribution is -2.14. The van der Waals surface area contributed by atoms with Gasteiger partial charge in [0, 0.05) is 15.5 Å². The smallest absolute Gasteiger partial charge is 0.259 e. The van der Waals surface area contributed by atoms with Crippen LogP contribution in [0, 0.1) is 0 Å². The third kappa shape index (κ3) is 3.33. The van der Waals surface area contributed by atoms with E-state index >= 15 is 0 Å². The number of nitrogens with zero attached hydrogens (tertiary/aromatic N) is 1. The highest BCUT2D eigenvalue weighted by Gasteiger charge is 2.13. The number of nitrogens with one attached hydrogen (secondary N) is 1. The summed E-state index contributed by atoms with van der Waals surface area (Å²) in [6.07, 6.45) is 0. The standard InChI is InChI=1S/C13H14BrN3OS/c1-7(2)11-6-19-13(16-11)17-12(18)9-5-8(14)3-4-10(9)15/h3-7H,15H2,1-2H3,(H,16,17,18). The number of benzene rings is 1. The normalized spacial score (nSPS) is 10.7. The van der Waals surface area contributed by atoms with Gasteiger partial charge in [0.25, 0.3) is 5.91 Å². The Balaban J connectivity index is 2.18. The van der Waals surface area contributed by atoms with E-state index in [1.54, 1.807) is 18.2 Å². The van der Waals surface area contributed by atoms with Crippen LogP contribution in [-0.4, -0.2) is 10.9 Å². The van der Waals surface area contributed by atoms with E-state index in [-0.39, 0.29) is 5.91 Å². The number of carbonyl (C=O) groups excluding carboxylic acids is 1. The summed E-state index contributed by atoms with van der Waals surface area (Å²) in [5, 5.41) is 5.31. The molecule has 1 heterocycles. The van der Waals surface area contributed by atoms with Gasteiger partial charge in [-0.2, -0.15) is 0 Å². The van der Waals surface area contributed by atoms with Gasteiger partial charge in [-0.1, -0.05) is 29.8 Å². The van der Waals surface area contributed by atoms with Crippen molar-refractivity contribution in [2.75, 3.05) is 11.1 Å². The van der Waals surface area contributed by atoms with Crippen molar-refractivity contribution >= 4 is 44.0 Å². The van der Waals surface area contributed by atoms with Gasteiger partial charge in [-0.25, -0.2) is 4.98 Å². The number of hydrogen-bond acceptors (Lipinski definition) is 4. The minimum Gasteiger partial charge on any atom is -0.398 e. The fourth-order valence-electron chi connectivity index (χ4n) is 1.50. The molecule has 2 aromatic rings. The van der Waals surface area contributed by atoms with Crippen LogP contribution in [0.5, 0.6) is 0 Å². The first-order chi connectivity index (χ1) is 8.97. The number of nitrogens with two attached hydrogens (primary N) is 1. The van der Waals surface area contributed by atoms with Gasteiger partial charge in [0.2, 0.25) is 0 Å². The lowest BCUT2D eigenvalue weighted by Gasteiger charge is -2.05. The topological polar surface area (TPSA) is 68.0 Å². The number of thiazole rings is 1. The number of halogens is 1. The molecule has 3 N–H and O–H groups in total. The predicted molar refractivity (Wildman–Crippen MR) is 82.7 cm³/mol. The maximum atomic E-state index is 12.1. The highest BCUT2D eigenvalue weighted by molar-refractivity contribution is 9.10. The van der Waals surface area contributed by atoms with Gasteiger partial charge in [0.05, 0.1) is 11.3 Å². The van der Waals surface area contributed by atoms with Crippen molar-refractivity contribution in [3.05, 3.63) is 39.3 Å². The molecule has 0 atom stereocenters. The summed E-state index contributed by atoms with van der Waals surface area (Å²) in [5.74, 6) is 0.0984. The molecule has 0 aliphatic carbocycles. The molecule has 0 unspecified atom stereocenters. The summed E-state index contributed by atoms with van der Waals surface area (Å²) in [4.78, 5) is 16.5. The highest BCUT2D eigenvalue weighted by Crippen LogP contribution is 2.24. The number of anilines is 2. The van der Waals surface area contributed by atoms with E-state index in [2.05, 4.69) is 40.1 Å². The second kappa shape index (κ2) is 5.71. The van der Waals surface area contributed by atoms with E-state index < -0.39 is 0 Å². The van der Waals surface area contributed by atoms with E-state index in [1.807, 2.05) is 5.38 Å². The van der Waals surface area contributed by atoms with Gasteiger partial charge < -0.3 is 5.73 Å². The van der Waals surface area contributed by atoms with Crippen LogP contribution in [0.1, 0.15) is 35.8 Å². The Hall–Kier alpha value is -1.40. The number of aromatic nitrogens is 1. The second-order valence-corrected chi connectivity index (χ2v) is 6.19. The van der Waals surface area contributed by atoms with Gasteiger partial charge in [0.1, 0.15) is 0 Å². The molecule has 0 aliphatic heterocycles. The number of rotatable bonds is 3. The molecule has 1 amide bonds. The van der Waals surface area contributed by atoms with Crippen molar-refractivity contribution in [3.8, 4) is 0 Å². The maximum Gasteiger partial charge on any atom is 0.259 e. The first-order valence-corrected chi connectivity index (χ1v) is 7.46. The van der Waals surface area contributed by atoms with Crippen molar-refractivity contribution in [1.82, 2.24) is 4.98 Å². The lowest BCUT2D eigenvalue weighted by atomic mass is 10.1. The quantitative estimate of drug-likeness (QED) is 0.834. The lowest BCUT2D eigenvalue weighted by molar-refractivity contribution is 0.102. The van der Waals surface area contributed by atoms with E-state index in [0.717, 1.165) is 10.2 Å². The van der Waals surface area contributed by atoms with Crippen LogP contribution in [0.3, 0.4) is 0 Å². The summed E-state index contributed by atoms with van der Waals surface area (Å²) in [6.45, 7) is 4.12. The molecular formula is C13H14BrN3OS. The molecule has 1 aromatic carbocycles. The zero-order chi connectivity index (χ0) is 14.0. The number of amides is 1. The minimum absolute atomic E-state index is 0.247. The van der Waals surface area contributed by atoms with Crippen molar-refractivity contribution < 1.29 is 4.79 Å². The predicted octanol–water partition coefficient (Wildman–Crippen LogP) is 3.86. The van der Waals surface area contributed by atoms with Gasteiger partial charge >= 0.3 is 0 Å². The maximum absolute atomic E-state index is 12.1. The molecule has 0 radical (unpaired) electrons. The van der Waals surface area contributed by atoms with Crippen LogP contribution in [-0.2, 0) is 0 Å². The fraction of sp³-hybridized carbons (Fsp3) is 0.231.